The first-order chi connectivity index (χ1) is 9.03. The van der Waals surface area contributed by atoms with E-state index in [1.807, 2.05) is 18.2 Å². The molecule has 1 aromatic carbocycles. The van der Waals surface area contributed by atoms with Crippen molar-refractivity contribution >= 4 is 17.6 Å². The second-order valence-corrected chi connectivity index (χ2v) is 6.30. The van der Waals surface area contributed by atoms with Gasteiger partial charge in [-0.15, -0.1) is 0 Å². The maximum atomic E-state index is 11.5. The van der Waals surface area contributed by atoms with E-state index in [9.17, 15) is 9.90 Å². The van der Waals surface area contributed by atoms with Crippen LogP contribution in [0.5, 0.6) is 0 Å². The molecule has 0 atom stereocenters. The van der Waals surface area contributed by atoms with E-state index in [4.69, 9.17) is 11.6 Å². The normalized spacial score (nSPS) is 22.6. The van der Waals surface area contributed by atoms with E-state index in [2.05, 4.69) is 11.9 Å². The number of hydrogen-bond acceptors (Lipinski definition) is 2. The highest BCUT2D eigenvalue weighted by molar-refractivity contribution is 6.31. The molecule has 2 fully saturated rings. The van der Waals surface area contributed by atoms with Crippen LogP contribution in [0, 0.1) is 0 Å². The van der Waals surface area contributed by atoms with Gasteiger partial charge in [0, 0.05) is 24.0 Å². The van der Waals surface area contributed by atoms with Crippen molar-refractivity contribution in [2.24, 2.45) is 0 Å². The smallest absolute Gasteiger partial charge is 0.314 e. The van der Waals surface area contributed by atoms with Crippen molar-refractivity contribution in [2.45, 2.75) is 30.6 Å². The van der Waals surface area contributed by atoms with Gasteiger partial charge in [0.15, 0.2) is 0 Å². The fourth-order valence-corrected chi connectivity index (χ4v) is 3.54. The first kappa shape index (κ1) is 12.9. The van der Waals surface area contributed by atoms with Gasteiger partial charge in [-0.3, -0.25) is 4.79 Å². The first-order valence-corrected chi connectivity index (χ1v) is 7.12. The summed E-state index contributed by atoms with van der Waals surface area (Å²) in [5, 5.41) is 10.2. The van der Waals surface area contributed by atoms with Crippen molar-refractivity contribution in [3.05, 3.63) is 34.3 Å². The van der Waals surface area contributed by atoms with Gasteiger partial charge in [0.1, 0.15) is 0 Å². The molecule has 0 amide bonds. The lowest BCUT2D eigenvalue weighted by Crippen LogP contribution is -2.43. The lowest BCUT2D eigenvalue weighted by molar-refractivity contribution is -0.147. The van der Waals surface area contributed by atoms with Gasteiger partial charge >= 0.3 is 5.97 Å². The summed E-state index contributed by atoms with van der Waals surface area (Å²) < 4.78 is 0. The van der Waals surface area contributed by atoms with Gasteiger partial charge in [-0.2, -0.15) is 0 Å². The first-order valence-electron chi connectivity index (χ1n) is 6.75. The van der Waals surface area contributed by atoms with Crippen LogP contribution in [0.1, 0.15) is 36.3 Å². The number of benzene rings is 1. The molecule has 102 valence electrons. The summed E-state index contributed by atoms with van der Waals surface area (Å²) in [6.07, 6.45) is 2.44. The highest BCUT2D eigenvalue weighted by Gasteiger charge is 2.46. The zero-order valence-electron chi connectivity index (χ0n) is 11.0. The quantitative estimate of drug-likeness (QED) is 0.925. The summed E-state index contributed by atoms with van der Waals surface area (Å²) in [6, 6.07) is 5.87. The van der Waals surface area contributed by atoms with Crippen LogP contribution in [0.25, 0.3) is 0 Å². The molecular formula is C15H18ClNO2. The number of nitrogens with zero attached hydrogens (tertiary/aromatic N) is 1. The Morgan fingerprint density at radius 3 is 2.53 bits per heavy atom. The number of likely N-dealkylation sites (N-methyl/N-ethyl adjacent to an activating group) is 1. The van der Waals surface area contributed by atoms with Crippen LogP contribution in [-0.2, 0) is 10.2 Å². The molecule has 0 bridgehead atoms. The second kappa shape index (κ2) is 4.50. The Balaban J connectivity index is 1.89. The van der Waals surface area contributed by atoms with Crippen LogP contribution in [0.3, 0.4) is 0 Å². The summed E-state index contributed by atoms with van der Waals surface area (Å²) >= 11 is 6.36. The SMILES string of the molecule is CN1CC(c2ccc(C3(C(=O)O)CCC3)cc2Cl)C1. The van der Waals surface area contributed by atoms with Crippen LogP contribution < -0.4 is 0 Å². The highest BCUT2D eigenvalue weighted by Crippen LogP contribution is 2.45. The van der Waals surface area contributed by atoms with E-state index in [0.717, 1.165) is 48.5 Å². The molecular weight excluding hydrogens is 262 g/mol. The van der Waals surface area contributed by atoms with Crippen LogP contribution in [0.15, 0.2) is 18.2 Å². The molecule has 0 unspecified atom stereocenters. The maximum absolute atomic E-state index is 11.5. The van der Waals surface area contributed by atoms with Crippen LogP contribution in [0.4, 0.5) is 0 Å². The lowest BCUT2D eigenvalue weighted by atomic mass is 9.64. The Morgan fingerprint density at radius 2 is 2.11 bits per heavy atom. The van der Waals surface area contributed by atoms with E-state index in [0.29, 0.717) is 5.92 Å². The average Bonchev–Trinajstić information content (AvgIpc) is 2.23. The molecule has 1 saturated carbocycles. The molecule has 1 saturated heterocycles. The Bertz CT molecular complexity index is 519. The number of rotatable bonds is 3. The predicted octanol–water partition coefficient (Wildman–Crippen LogP) is 2.88. The molecule has 19 heavy (non-hydrogen) atoms. The third-order valence-corrected chi connectivity index (χ3v) is 5.00. The number of likely N-dealkylation sites (tertiary alicyclic amines) is 1. The van der Waals surface area contributed by atoms with Gasteiger partial charge in [-0.05, 0) is 37.1 Å². The monoisotopic (exact) mass is 279 g/mol. The Labute approximate surface area is 118 Å². The second-order valence-electron chi connectivity index (χ2n) is 5.90. The number of halogens is 1. The van der Waals surface area contributed by atoms with Crippen LogP contribution in [0.2, 0.25) is 5.02 Å². The molecule has 4 heteroatoms. The largest absolute Gasteiger partial charge is 0.481 e. The standard InChI is InChI=1S/C15H18ClNO2/c1-17-8-10(9-17)12-4-3-11(7-13(12)16)15(14(18)19)5-2-6-15/h3-4,7,10H,2,5-6,8-9H2,1H3,(H,18,19). The summed E-state index contributed by atoms with van der Waals surface area (Å²) in [6.45, 7) is 2.06. The summed E-state index contributed by atoms with van der Waals surface area (Å²) in [5.41, 5.74) is 1.34. The molecule has 3 rings (SSSR count). The third-order valence-electron chi connectivity index (χ3n) is 4.67. The third kappa shape index (κ3) is 1.96. The number of hydrogen-bond donors (Lipinski definition) is 1. The van der Waals surface area contributed by atoms with Gasteiger partial charge in [0.25, 0.3) is 0 Å². The van der Waals surface area contributed by atoms with Crippen molar-refractivity contribution in [1.82, 2.24) is 4.90 Å². The van der Waals surface area contributed by atoms with Crippen molar-refractivity contribution in [3.63, 3.8) is 0 Å². The zero-order chi connectivity index (χ0) is 13.6. The van der Waals surface area contributed by atoms with Gasteiger partial charge in [0.2, 0.25) is 0 Å². The zero-order valence-corrected chi connectivity index (χ0v) is 11.8. The van der Waals surface area contributed by atoms with E-state index >= 15 is 0 Å². The van der Waals surface area contributed by atoms with Crippen LogP contribution >= 0.6 is 11.6 Å². The van der Waals surface area contributed by atoms with Gasteiger partial charge in [0.05, 0.1) is 5.41 Å². The molecule has 0 spiro atoms. The molecule has 2 aliphatic rings. The minimum absolute atomic E-state index is 0.494. The Morgan fingerprint density at radius 1 is 1.42 bits per heavy atom. The molecule has 1 aliphatic heterocycles. The molecule has 0 aromatic heterocycles. The molecule has 1 N–H and O–H groups in total. The molecule has 1 heterocycles. The Hall–Kier alpha value is -1.06. The number of carbonyl (C=O) groups is 1. The van der Waals surface area contributed by atoms with E-state index < -0.39 is 11.4 Å². The number of carboxylic acids is 1. The van der Waals surface area contributed by atoms with E-state index in [1.54, 1.807) is 0 Å². The van der Waals surface area contributed by atoms with Gasteiger partial charge in [-0.1, -0.05) is 30.2 Å². The van der Waals surface area contributed by atoms with Crippen molar-refractivity contribution in [3.8, 4) is 0 Å². The maximum Gasteiger partial charge on any atom is 0.314 e. The number of aliphatic carboxylic acids is 1. The number of carboxylic acid groups (broad SMARTS) is 1. The highest BCUT2D eigenvalue weighted by atomic mass is 35.5. The van der Waals surface area contributed by atoms with Gasteiger partial charge in [-0.25, -0.2) is 0 Å². The minimum atomic E-state index is -0.717. The Kier molecular flexibility index (Phi) is 3.06. The molecule has 0 radical (unpaired) electrons. The van der Waals surface area contributed by atoms with Crippen molar-refractivity contribution in [1.29, 1.82) is 0 Å². The summed E-state index contributed by atoms with van der Waals surface area (Å²) in [7, 11) is 2.09. The molecule has 1 aliphatic carbocycles. The summed E-state index contributed by atoms with van der Waals surface area (Å²) in [4.78, 5) is 13.7. The lowest BCUT2D eigenvalue weighted by Gasteiger charge is -2.40. The van der Waals surface area contributed by atoms with E-state index in [1.165, 1.54) is 0 Å². The van der Waals surface area contributed by atoms with Crippen LogP contribution in [-0.4, -0.2) is 36.1 Å². The van der Waals surface area contributed by atoms with Gasteiger partial charge < -0.3 is 10.0 Å². The summed E-state index contributed by atoms with van der Waals surface area (Å²) in [5.74, 6) is -0.223. The fourth-order valence-electron chi connectivity index (χ4n) is 3.21. The fraction of sp³-hybridized carbons (Fsp3) is 0.533. The van der Waals surface area contributed by atoms with Crippen molar-refractivity contribution in [2.75, 3.05) is 20.1 Å². The minimum Gasteiger partial charge on any atom is -0.481 e. The van der Waals surface area contributed by atoms with E-state index in [-0.39, 0.29) is 0 Å². The topological polar surface area (TPSA) is 40.5 Å². The molecule has 3 nitrogen and oxygen atoms in total. The predicted molar refractivity (Wildman–Crippen MR) is 74.9 cm³/mol. The van der Waals surface area contributed by atoms with Crippen molar-refractivity contribution < 1.29 is 9.90 Å². The average molecular weight is 280 g/mol. The molecule has 1 aromatic rings.